The summed E-state index contributed by atoms with van der Waals surface area (Å²) in [5.74, 6) is 0.223. The average Bonchev–Trinajstić information content (AvgIpc) is 2.57. The Balaban J connectivity index is 2.85. The Kier molecular flexibility index (Phi) is 3.96. The number of carbonyl (C=O) groups excluding carboxylic acids is 1. The van der Waals surface area contributed by atoms with E-state index in [9.17, 15) is 4.79 Å². The number of carbonyl (C=O) groups is 1. The van der Waals surface area contributed by atoms with E-state index in [1.807, 2.05) is 19.9 Å². The van der Waals surface area contributed by atoms with Gasteiger partial charge in [0.05, 0.1) is 0 Å². The average molecular weight is 250 g/mol. The molecule has 98 valence electrons. The van der Waals surface area contributed by atoms with Gasteiger partial charge in [-0.1, -0.05) is 0 Å². The van der Waals surface area contributed by atoms with Crippen LogP contribution in [0.4, 0.5) is 10.6 Å². The highest BCUT2D eigenvalue weighted by Crippen LogP contribution is 2.16. The minimum atomic E-state index is -0.618. The Morgan fingerprint density at radius 3 is 2.61 bits per heavy atom. The molecular formula is C12H18N4O2. The van der Waals surface area contributed by atoms with Gasteiger partial charge in [-0.25, -0.2) is 4.79 Å². The molecule has 0 aromatic carbocycles. The van der Waals surface area contributed by atoms with Gasteiger partial charge in [0, 0.05) is 12.2 Å². The maximum atomic E-state index is 11.6. The number of nitriles is 1. The van der Waals surface area contributed by atoms with Crippen molar-refractivity contribution in [2.75, 3.05) is 5.32 Å². The van der Waals surface area contributed by atoms with Crippen LogP contribution in [0.3, 0.4) is 0 Å². The van der Waals surface area contributed by atoms with E-state index < -0.39 is 11.7 Å². The third-order valence-electron chi connectivity index (χ3n) is 2.00. The van der Waals surface area contributed by atoms with Gasteiger partial charge in [-0.2, -0.15) is 10.4 Å². The molecule has 0 spiro atoms. The summed E-state index contributed by atoms with van der Waals surface area (Å²) in [5, 5.41) is 15.6. The molecule has 0 saturated heterocycles. The molecule has 0 fully saturated rings. The summed E-state index contributed by atoms with van der Waals surface area (Å²) < 4.78 is 6.72. The summed E-state index contributed by atoms with van der Waals surface area (Å²) in [5.41, 5.74) is -0.271. The van der Waals surface area contributed by atoms with Gasteiger partial charge in [-0.15, -0.1) is 0 Å². The highest BCUT2D eigenvalue weighted by molar-refractivity contribution is 5.85. The first-order chi connectivity index (χ1) is 8.23. The quantitative estimate of drug-likeness (QED) is 0.875. The Hall–Kier alpha value is -2.03. The number of nitrogens with one attached hydrogen (secondary N) is 1. The highest BCUT2D eigenvalue weighted by atomic mass is 16.6. The summed E-state index contributed by atoms with van der Waals surface area (Å²) in [6, 6.07) is 2.10. The van der Waals surface area contributed by atoms with E-state index >= 15 is 0 Å². The molecule has 0 aliphatic rings. The van der Waals surface area contributed by atoms with Gasteiger partial charge in [-0.3, -0.25) is 10.00 Å². The van der Waals surface area contributed by atoms with Crippen molar-refractivity contribution in [3.8, 4) is 6.07 Å². The molecule has 6 heteroatoms. The topological polar surface area (TPSA) is 79.9 Å². The van der Waals surface area contributed by atoms with Gasteiger partial charge in [0.1, 0.15) is 17.2 Å². The van der Waals surface area contributed by atoms with Crippen molar-refractivity contribution in [2.45, 2.75) is 46.3 Å². The lowest BCUT2D eigenvalue weighted by Crippen LogP contribution is -2.27. The fraction of sp³-hybridized carbons (Fsp3) is 0.583. The molecule has 0 atom stereocenters. The standard InChI is InChI=1S/C12H18N4O2/c1-8(2)16-7-9(6-13)10(15-16)14-11(17)18-12(3,4)5/h7-8H,1-5H3,(H,14,15,17). The molecule has 1 rings (SSSR count). The molecular weight excluding hydrogens is 232 g/mol. The van der Waals surface area contributed by atoms with Gasteiger partial charge >= 0.3 is 6.09 Å². The predicted molar refractivity (Wildman–Crippen MR) is 67.2 cm³/mol. The van der Waals surface area contributed by atoms with Crippen LogP contribution in [0.25, 0.3) is 0 Å². The summed E-state index contributed by atoms with van der Waals surface area (Å²) in [6.45, 7) is 9.18. The third kappa shape index (κ3) is 3.77. The second-order valence-electron chi connectivity index (χ2n) is 5.20. The second-order valence-corrected chi connectivity index (χ2v) is 5.20. The number of hydrogen-bond acceptors (Lipinski definition) is 4. The van der Waals surface area contributed by atoms with Gasteiger partial charge in [-0.05, 0) is 34.6 Å². The third-order valence-corrected chi connectivity index (χ3v) is 2.00. The molecule has 1 aromatic heterocycles. The lowest BCUT2D eigenvalue weighted by Gasteiger charge is -2.19. The molecule has 0 aliphatic heterocycles. The van der Waals surface area contributed by atoms with Crippen molar-refractivity contribution in [1.82, 2.24) is 9.78 Å². The second kappa shape index (κ2) is 5.08. The molecule has 0 saturated carbocycles. The van der Waals surface area contributed by atoms with Crippen LogP contribution in [-0.4, -0.2) is 21.5 Å². The van der Waals surface area contributed by atoms with Crippen LogP contribution in [-0.2, 0) is 4.74 Å². The molecule has 1 heterocycles. The molecule has 0 aliphatic carbocycles. The largest absolute Gasteiger partial charge is 0.444 e. The van der Waals surface area contributed by atoms with Crippen molar-refractivity contribution in [3.05, 3.63) is 11.8 Å². The van der Waals surface area contributed by atoms with Gasteiger partial charge in [0.15, 0.2) is 5.82 Å². The van der Waals surface area contributed by atoms with Crippen LogP contribution in [0, 0.1) is 11.3 Å². The zero-order chi connectivity index (χ0) is 13.9. The lowest BCUT2D eigenvalue weighted by atomic mass is 10.2. The van der Waals surface area contributed by atoms with Crippen molar-refractivity contribution >= 4 is 11.9 Å². The first-order valence-corrected chi connectivity index (χ1v) is 5.72. The Bertz CT molecular complexity index is 477. The van der Waals surface area contributed by atoms with Crippen LogP contribution >= 0.6 is 0 Å². The van der Waals surface area contributed by atoms with Crippen molar-refractivity contribution in [1.29, 1.82) is 5.26 Å². The van der Waals surface area contributed by atoms with Gasteiger partial charge in [0.25, 0.3) is 0 Å². The molecule has 1 aromatic rings. The Morgan fingerprint density at radius 1 is 1.56 bits per heavy atom. The van der Waals surface area contributed by atoms with Crippen LogP contribution in [0.2, 0.25) is 0 Å². The number of ether oxygens (including phenoxy) is 1. The van der Waals surface area contributed by atoms with E-state index in [0.29, 0.717) is 5.56 Å². The summed E-state index contributed by atoms with van der Waals surface area (Å²) in [7, 11) is 0. The molecule has 0 unspecified atom stereocenters. The minimum Gasteiger partial charge on any atom is -0.444 e. The first-order valence-electron chi connectivity index (χ1n) is 5.72. The number of aromatic nitrogens is 2. The Labute approximate surface area is 107 Å². The van der Waals surface area contributed by atoms with Crippen molar-refractivity contribution in [3.63, 3.8) is 0 Å². The van der Waals surface area contributed by atoms with Crippen LogP contribution < -0.4 is 5.32 Å². The highest BCUT2D eigenvalue weighted by Gasteiger charge is 2.19. The SMILES string of the molecule is CC(C)n1cc(C#N)c(NC(=O)OC(C)(C)C)n1. The van der Waals surface area contributed by atoms with E-state index in [2.05, 4.69) is 10.4 Å². The molecule has 6 nitrogen and oxygen atoms in total. The first kappa shape index (κ1) is 14.0. The fourth-order valence-electron chi connectivity index (χ4n) is 1.23. The van der Waals surface area contributed by atoms with E-state index in [4.69, 9.17) is 10.00 Å². The summed E-state index contributed by atoms with van der Waals surface area (Å²) in [4.78, 5) is 11.6. The lowest BCUT2D eigenvalue weighted by molar-refractivity contribution is 0.0635. The number of hydrogen-bond donors (Lipinski definition) is 1. The zero-order valence-corrected chi connectivity index (χ0v) is 11.3. The maximum absolute atomic E-state index is 11.6. The number of nitrogens with zero attached hydrogens (tertiary/aromatic N) is 3. The maximum Gasteiger partial charge on any atom is 0.413 e. The Morgan fingerprint density at radius 2 is 2.17 bits per heavy atom. The number of amides is 1. The van der Waals surface area contributed by atoms with Crippen LogP contribution in [0.5, 0.6) is 0 Å². The van der Waals surface area contributed by atoms with Gasteiger partial charge < -0.3 is 4.74 Å². The van der Waals surface area contributed by atoms with Gasteiger partial charge in [0.2, 0.25) is 0 Å². The number of rotatable bonds is 2. The zero-order valence-electron chi connectivity index (χ0n) is 11.3. The van der Waals surface area contributed by atoms with Crippen molar-refractivity contribution in [2.24, 2.45) is 0 Å². The van der Waals surface area contributed by atoms with E-state index in [1.165, 1.54) is 0 Å². The van der Waals surface area contributed by atoms with E-state index in [1.54, 1.807) is 31.6 Å². The molecule has 0 radical (unpaired) electrons. The summed E-state index contributed by atoms with van der Waals surface area (Å²) >= 11 is 0. The minimum absolute atomic E-state index is 0.117. The smallest absolute Gasteiger partial charge is 0.413 e. The molecule has 18 heavy (non-hydrogen) atoms. The van der Waals surface area contributed by atoms with Crippen LogP contribution in [0.15, 0.2) is 6.20 Å². The monoisotopic (exact) mass is 250 g/mol. The van der Waals surface area contributed by atoms with Crippen molar-refractivity contribution < 1.29 is 9.53 Å². The van der Waals surface area contributed by atoms with E-state index in [-0.39, 0.29) is 11.9 Å². The fourth-order valence-corrected chi connectivity index (χ4v) is 1.23. The molecule has 1 N–H and O–H groups in total. The normalized spacial score (nSPS) is 11.2. The van der Waals surface area contributed by atoms with E-state index in [0.717, 1.165) is 0 Å². The molecule has 1 amide bonds. The molecule has 0 bridgehead atoms. The summed E-state index contributed by atoms with van der Waals surface area (Å²) in [6.07, 6.45) is 0.977. The predicted octanol–water partition coefficient (Wildman–Crippen LogP) is 2.68. The van der Waals surface area contributed by atoms with Crippen LogP contribution in [0.1, 0.15) is 46.2 Å². The number of anilines is 1.